The molecule has 0 aromatic heterocycles. The van der Waals surface area contributed by atoms with E-state index in [1.54, 1.807) is 24.3 Å². The second kappa shape index (κ2) is 7.19. The molecule has 0 aliphatic carbocycles. The number of hydrogen-bond acceptors (Lipinski definition) is 3. The predicted octanol–water partition coefficient (Wildman–Crippen LogP) is 3.53. The fraction of sp³-hybridized carbons (Fsp3) is 0.167. The van der Waals surface area contributed by atoms with Gasteiger partial charge in [0.25, 0.3) is 0 Å². The molecule has 0 aliphatic heterocycles. The minimum atomic E-state index is -0.455. The van der Waals surface area contributed by atoms with Gasteiger partial charge in [0.1, 0.15) is 0 Å². The maximum absolute atomic E-state index is 12.3. The summed E-state index contributed by atoms with van der Waals surface area (Å²) in [7, 11) is 0. The molecule has 1 N–H and O–H groups in total. The Bertz CT molecular complexity index is 700. The van der Waals surface area contributed by atoms with Crippen molar-refractivity contribution in [3.63, 3.8) is 0 Å². The van der Waals surface area contributed by atoms with Crippen molar-refractivity contribution in [3.8, 4) is 6.07 Å². The molecule has 0 saturated heterocycles. The summed E-state index contributed by atoms with van der Waals surface area (Å²) in [6.07, 6.45) is 0.139. The molecule has 4 heteroatoms. The van der Waals surface area contributed by atoms with Crippen LogP contribution in [-0.2, 0) is 4.79 Å². The van der Waals surface area contributed by atoms with Gasteiger partial charge in [0, 0.05) is 24.6 Å². The zero-order valence-corrected chi connectivity index (χ0v) is 12.2. The fourth-order valence-corrected chi connectivity index (χ4v) is 2.17. The summed E-state index contributed by atoms with van der Waals surface area (Å²) in [4.78, 5) is 23.2. The summed E-state index contributed by atoms with van der Waals surface area (Å²) in [6, 6.07) is 18.1. The van der Waals surface area contributed by atoms with Crippen LogP contribution in [0.1, 0.15) is 35.2 Å². The second-order valence-corrected chi connectivity index (χ2v) is 4.98. The Kier molecular flexibility index (Phi) is 5.05. The van der Waals surface area contributed by atoms with Crippen LogP contribution in [0.5, 0.6) is 0 Å². The number of benzene rings is 2. The minimum absolute atomic E-state index is 0.0928. The van der Waals surface area contributed by atoms with Gasteiger partial charge in [0.15, 0.2) is 5.78 Å². The highest BCUT2D eigenvalue weighted by Gasteiger charge is 2.16. The van der Waals surface area contributed by atoms with Crippen LogP contribution < -0.4 is 5.32 Å². The molecule has 2 aromatic carbocycles. The molecule has 2 rings (SSSR count). The van der Waals surface area contributed by atoms with E-state index in [-0.39, 0.29) is 18.1 Å². The van der Waals surface area contributed by atoms with Crippen molar-refractivity contribution in [2.45, 2.75) is 19.3 Å². The van der Waals surface area contributed by atoms with Crippen molar-refractivity contribution >= 4 is 17.4 Å². The quantitative estimate of drug-likeness (QED) is 0.857. The fourth-order valence-electron chi connectivity index (χ4n) is 2.17. The van der Waals surface area contributed by atoms with Crippen LogP contribution in [-0.4, -0.2) is 11.7 Å². The number of hydrogen-bond donors (Lipinski definition) is 1. The molecule has 0 saturated carbocycles. The zero-order chi connectivity index (χ0) is 15.9. The Morgan fingerprint density at radius 3 is 2.27 bits per heavy atom. The third kappa shape index (κ3) is 4.03. The van der Waals surface area contributed by atoms with E-state index in [1.165, 1.54) is 6.92 Å². The Morgan fingerprint density at radius 2 is 1.73 bits per heavy atom. The summed E-state index contributed by atoms with van der Waals surface area (Å²) in [5.74, 6) is -0.707. The number of nitriles is 1. The van der Waals surface area contributed by atoms with Crippen LogP contribution in [0.15, 0.2) is 54.6 Å². The molecule has 0 unspecified atom stereocenters. The Hall–Kier alpha value is -2.93. The van der Waals surface area contributed by atoms with Gasteiger partial charge < -0.3 is 5.32 Å². The van der Waals surface area contributed by atoms with Crippen LogP contribution in [0.2, 0.25) is 0 Å². The molecule has 110 valence electrons. The Labute approximate surface area is 129 Å². The molecular formula is C18H16N2O2. The summed E-state index contributed by atoms with van der Waals surface area (Å²) in [5, 5.41) is 11.9. The molecule has 1 amide bonds. The molecule has 0 spiro atoms. The number of rotatable bonds is 5. The van der Waals surface area contributed by atoms with Gasteiger partial charge in [0.2, 0.25) is 5.91 Å². The number of carbonyl (C=O) groups excluding carboxylic acids is 2. The molecule has 0 radical (unpaired) electrons. The van der Waals surface area contributed by atoms with E-state index in [9.17, 15) is 14.9 Å². The van der Waals surface area contributed by atoms with E-state index in [4.69, 9.17) is 0 Å². The number of Topliss-reactive ketones (excluding diaryl/α,β-unsaturated/α-hetero) is 1. The second-order valence-electron chi connectivity index (χ2n) is 4.98. The van der Waals surface area contributed by atoms with Crippen LogP contribution in [0.4, 0.5) is 5.69 Å². The molecule has 0 aliphatic rings. The summed E-state index contributed by atoms with van der Waals surface area (Å²) < 4.78 is 0. The number of nitrogens with zero attached hydrogens (tertiary/aromatic N) is 1. The Balaban J connectivity index is 2.08. The molecule has 0 bridgehead atoms. The van der Waals surface area contributed by atoms with E-state index in [0.29, 0.717) is 11.3 Å². The van der Waals surface area contributed by atoms with E-state index < -0.39 is 5.92 Å². The molecular weight excluding hydrogens is 276 g/mol. The van der Waals surface area contributed by atoms with E-state index in [1.807, 2.05) is 30.3 Å². The lowest BCUT2D eigenvalue weighted by molar-refractivity contribution is -0.114. The van der Waals surface area contributed by atoms with Gasteiger partial charge in [-0.3, -0.25) is 9.59 Å². The number of carbonyl (C=O) groups is 2. The monoisotopic (exact) mass is 292 g/mol. The van der Waals surface area contributed by atoms with Crippen LogP contribution in [0, 0.1) is 11.3 Å². The van der Waals surface area contributed by atoms with Gasteiger partial charge in [-0.05, 0) is 29.8 Å². The van der Waals surface area contributed by atoms with Crippen molar-refractivity contribution < 1.29 is 9.59 Å². The molecule has 22 heavy (non-hydrogen) atoms. The Morgan fingerprint density at radius 1 is 1.09 bits per heavy atom. The average Bonchev–Trinajstić information content (AvgIpc) is 2.53. The zero-order valence-electron chi connectivity index (χ0n) is 12.2. The van der Waals surface area contributed by atoms with E-state index in [0.717, 1.165) is 5.56 Å². The highest BCUT2D eigenvalue weighted by atomic mass is 16.1. The van der Waals surface area contributed by atoms with E-state index in [2.05, 4.69) is 11.4 Å². The van der Waals surface area contributed by atoms with Gasteiger partial charge >= 0.3 is 0 Å². The number of anilines is 1. The van der Waals surface area contributed by atoms with Gasteiger partial charge in [-0.2, -0.15) is 5.26 Å². The number of amides is 1. The first-order valence-corrected chi connectivity index (χ1v) is 6.95. The van der Waals surface area contributed by atoms with Gasteiger partial charge in [-0.25, -0.2) is 0 Å². The van der Waals surface area contributed by atoms with Gasteiger partial charge in [-0.15, -0.1) is 0 Å². The van der Waals surface area contributed by atoms with Crippen LogP contribution in [0.25, 0.3) is 0 Å². The highest BCUT2D eigenvalue weighted by molar-refractivity contribution is 5.97. The van der Waals surface area contributed by atoms with Crippen molar-refractivity contribution in [2.75, 3.05) is 5.32 Å². The van der Waals surface area contributed by atoms with Crippen molar-refractivity contribution in [3.05, 3.63) is 65.7 Å². The standard InChI is InChI=1S/C18H16N2O2/c1-13(21)20-17-9-7-15(8-10-17)18(22)11-16(12-19)14-5-3-2-4-6-14/h2-10,16H,11H2,1H3,(H,20,21)/t16-/m0/s1. The summed E-state index contributed by atoms with van der Waals surface area (Å²) in [6.45, 7) is 1.43. The lowest BCUT2D eigenvalue weighted by atomic mass is 9.93. The summed E-state index contributed by atoms with van der Waals surface area (Å²) >= 11 is 0. The first-order chi connectivity index (χ1) is 10.6. The van der Waals surface area contributed by atoms with Crippen LogP contribution >= 0.6 is 0 Å². The SMILES string of the molecule is CC(=O)Nc1ccc(C(=O)C[C@@H](C#N)c2ccccc2)cc1. The lowest BCUT2D eigenvalue weighted by Gasteiger charge is -2.09. The average molecular weight is 292 g/mol. The summed E-state index contributed by atoms with van der Waals surface area (Å²) in [5.41, 5.74) is 2.02. The highest BCUT2D eigenvalue weighted by Crippen LogP contribution is 2.21. The normalized spacial score (nSPS) is 11.3. The van der Waals surface area contributed by atoms with E-state index >= 15 is 0 Å². The van der Waals surface area contributed by atoms with Crippen molar-refractivity contribution in [2.24, 2.45) is 0 Å². The molecule has 4 nitrogen and oxygen atoms in total. The third-order valence-corrected chi connectivity index (χ3v) is 3.27. The maximum Gasteiger partial charge on any atom is 0.221 e. The van der Waals surface area contributed by atoms with Crippen molar-refractivity contribution in [1.82, 2.24) is 0 Å². The number of ketones is 1. The predicted molar refractivity (Wildman–Crippen MR) is 84.5 cm³/mol. The first-order valence-electron chi connectivity index (χ1n) is 6.95. The smallest absolute Gasteiger partial charge is 0.221 e. The largest absolute Gasteiger partial charge is 0.326 e. The van der Waals surface area contributed by atoms with Crippen LogP contribution in [0.3, 0.4) is 0 Å². The first kappa shape index (κ1) is 15.5. The van der Waals surface area contributed by atoms with Crippen molar-refractivity contribution in [1.29, 1.82) is 5.26 Å². The lowest BCUT2D eigenvalue weighted by Crippen LogP contribution is -2.08. The molecule has 0 heterocycles. The number of nitrogens with one attached hydrogen (secondary N) is 1. The molecule has 1 atom stereocenters. The maximum atomic E-state index is 12.3. The molecule has 0 fully saturated rings. The van der Waals surface area contributed by atoms with Gasteiger partial charge in [0.05, 0.1) is 12.0 Å². The van der Waals surface area contributed by atoms with Gasteiger partial charge in [-0.1, -0.05) is 30.3 Å². The molecule has 2 aromatic rings. The third-order valence-electron chi connectivity index (χ3n) is 3.27. The topological polar surface area (TPSA) is 70.0 Å². The minimum Gasteiger partial charge on any atom is -0.326 e.